The second kappa shape index (κ2) is 5.94. The standard InChI is InChI=1S/C16H14BrNOS/c17-15-9-6-12(20-15)7-10-16(19)18-14-8-5-11-3-1-2-4-13(11)14/h1-4,6-7,9-10,14H,5,8H2,(H,18,19)/b10-7+. The average Bonchev–Trinajstić information content (AvgIpc) is 3.04. The number of benzene rings is 1. The van der Waals surface area contributed by atoms with E-state index in [-0.39, 0.29) is 11.9 Å². The average molecular weight is 348 g/mol. The summed E-state index contributed by atoms with van der Waals surface area (Å²) in [6.07, 6.45) is 5.50. The first-order chi connectivity index (χ1) is 9.72. The van der Waals surface area contributed by atoms with E-state index in [1.54, 1.807) is 17.4 Å². The molecule has 2 aromatic rings. The van der Waals surface area contributed by atoms with Gasteiger partial charge >= 0.3 is 0 Å². The summed E-state index contributed by atoms with van der Waals surface area (Å²) >= 11 is 5.02. The normalized spacial score (nSPS) is 17.4. The van der Waals surface area contributed by atoms with E-state index in [4.69, 9.17) is 0 Å². The van der Waals surface area contributed by atoms with Crippen LogP contribution in [0.4, 0.5) is 0 Å². The van der Waals surface area contributed by atoms with Crippen LogP contribution < -0.4 is 5.32 Å². The predicted octanol–water partition coefficient (Wildman–Crippen LogP) is 4.33. The summed E-state index contributed by atoms with van der Waals surface area (Å²) in [5, 5.41) is 3.08. The van der Waals surface area contributed by atoms with Crippen molar-refractivity contribution in [3.05, 3.63) is 62.3 Å². The second-order valence-corrected chi connectivity index (χ2v) is 7.27. The van der Waals surface area contributed by atoms with Crippen LogP contribution in [0.5, 0.6) is 0 Å². The molecule has 1 N–H and O–H groups in total. The van der Waals surface area contributed by atoms with Gasteiger partial charge in [-0.25, -0.2) is 0 Å². The largest absolute Gasteiger partial charge is 0.346 e. The zero-order chi connectivity index (χ0) is 13.9. The van der Waals surface area contributed by atoms with E-state index in [0.29, 0.717) is 0 Å². The molecule has 0 fully saturated rings. The van der Waals surface area contributed by atoms with Crippen molar-refractivity contribution in [3.63, 3.8) is 0 Å². The minimum absolute atomic E-state index is 0.0313. The molecule has 102 valence electrons. The lowest BCUT2D eigenvalue weighted by molar-refractivity contribution is -0.117. The van der Waals surface area contributed by atoms with Gasteiger partial charge in [-0.1, -0.05) is 24.3 Å². The molecule has 1 aliphatic carbocycles. The Morgan fingerprint density at radius 1 is 1.30 bits per heavy atom. The van der Waals surface area contributed by atoms with Crippen molar-refractivity contribution in [3.8, 4) is 0 Å². The van der Waals surface area contributed by atoms with Crippen molar-refractivity contribution in [2.24, 2.45) is 0 Å². The molecule has 0 radical (unpaired) electrons. The second-order valence-electron chi connectivity index (χ2n) is 4.77. The van der Waals surface area contributed by atoms with Gasteiger partial charge in [-0.3, -0.25) is 4.79 Å². The number of aryl methyl sites for hydroxylation is 1. The van der Waals surface area contributed by atoms with Crippen molar-refractivity contribution >= 4 is 39.2 Å². The van der Waals surface area contributed by atoms with Crippen molar-refractivity contribution in [1.29, 1.82) is 0 Å². The van der Waals surface area contributed by atoms with Gasteiger partial charge in [-0.15, -0.1) is 11.3 Å². The quantitative estimate of drug-likeness (QED) is 0.822. The maximum Gasteiger partial charge on any atom is 0.244 e. The number of halogens is 1. The summed E-state index contributed by atoms with van der Waals surface area (Å²) in [4.78, 5) is 13.1. The van der Waals surface area contributed by atoms with Crippen LogP contribution in [-0.4, -0.2) is 5.91 Å². The van der Waals surface area contributed by atoms with E-state index >= 15 is 0 Å². The SMILES string of the molecule is O=C(/C=C/c1ccc(Br)s1)NC1CCc2ccccc21. The van der Waals surface area contributed by atoms with Crippen LogP contribution in [0.25, 0.3) is 6.08 Å². The third kappa shape index (κ3) is 3.02. The highest BCUT2D eigenvalue weighted by Crippen LogP contribution is 2.30. The van der Waals surface area contributed by atoms with Crippen LogP contribution in [0.15, 0.2) is 46.3 Å². The van der Waals surface area contributed by atoms with Crippen molar-refractivity contribution in [2.75, 3.05) is 0 Å². The van der Waals surface area contributed by atoms with Gasteiger partial charge in [0.2, 0.25) is 5.91 Å². The molecule has 0 saturated carbocycles. The number of amides is 1. The summed E-state index contributed by atoms with van der Waals surface area (Å²) in [5.74, 6) is -0.0313. The molecule has 0 aliphatic heterocycles. The first-order valence-electron chi connectivity index (χ1n) is 6.54. The van der Waals surface area contributed by atoms with E-state index in [1.165, 1.54) is 11.1 Å². The zero-order valence-electron chi connectivity index (χ0n) is 10.8. The molecule has 0 bridgehead atoms. The maximum atomic E-state index is 12.0. The molecule has 1 aliphatic rings. The molecule has 1 atom stereocenters. The summed E-state index contributed by atoms with van der Waals surface area (Å²) in [7, 11) is 0. The molecule has 20 heavy (non-hydrogen) atoms. The first kappa shape index (κ1) is 13.6. The Hall–Kier alpha value is -1.39. The predicted molar refractivity (Wildman–Crippen MR) is 86.7 cm³/mol. The van der Waals surface area contributed by atoms with Gasteiger partial charge in [0.25, 0.3) is 0 Å². The molecule has 0 saturated heterocycles. The summed E-state index contributed by atoms with van der Waals surface area (Å²) < 4.78 is 1.07. The van der Waals surface area contributed by atoms with Gasteiger partial charge in [-0.05, 0) is 58.1 Å². The fraction of sp³-hybridized carbons (Fsp3) is 0.188. The number of rotatable bonds is 3. The maximum absolute atomic E-state index is 12.0. The molecule has 1 unspecified atom stereocenters. The highest BCUT2D eigenvalue weighted by atomic mass is 79.9. The van der Waals surface area contributed by atoms with E-state index in [1.807, 2.05) is 24.3 Å². The van der Waals surface area contributed by atoms with Crippen LogP contribution >= 0.6 is 27.3 Å². The molecule has 4 heteroatoms. The Balaban J connectivity index is 1.64. The number of fused-ring (bicyclic) bond motifs is 1. The Labute approximate surface area is 130 Å². The van der Waals surface area contributed by atoms with Gasteiger partial charge in [0.05, 0.1) is 9.83 Å². The Kier molecular flexibility index (Phi) is 4.03. The van der Waals surface area contributed by atoms with Crippen molar-refractivity contribution in [2.45, 2.75) is 18.9 Å². The highest BCUT2D eigenvalue weighted by molar-refractivity contribution is 9.11. The lowest BCUT2D eigenvalue weighted by Crippen LogP contribution is -2.25. The van der Waals surface area contributed by atoms with Gasteiger partial charge in [0.15, 0.2) is 0 Å². The van der Waals surface area contributed by atoms with Crippen molar-refractivity contribution < 1.29 is 4.79 Å². The topological polar surface area (TPSA) is 29.1 Å². The number of carbonyl (C=O) groups is 1. The Bertz CT molecular complexity index is 662. The van der Waals surface area contributed by atoms with Crippen molar-refractivity contribution in [1.82, 2.24) is 5.32 Å². The number of hydrogen-bond donors (Lipinski definition) is 1. The molecule has 1 amide bonds. The fourth-order valence-electron chi connectivity index (χ4n) is 2.50. The molecule has 1 aromatic heterocycles. The smallest absolute Gasteiger partial charge is 0.244 e. The van der Waals surface area contributed by atoms with E-state index < -0.39 is 0 Å². The van der Waals surface area contributed by atoms with Crippen LogP contribution in [0.1, 0.15) is 28.5 Å². The van der Waals surface area contributed by atoms with Gasteiger partial charge in [0, 0.05) is 11.0 Å². The van der Waals surface area contributed by atoms with Crippen LogP contribution in [0.2, 0.25) is 0 Å². The number of carbonyl (C=O) groups excluding carboxylic acids is 1. The third-order valence-corrected chi connectivity index (χ3v) is 5.03. The third-order valence-electron chi connectivity index (χ3n) is 3.44. The summed E-state index contributed by atoms with van der Waals surface area (Å²) in [5.41, 5.74) is 2.61. The van der Waals surface area contributed by atoms with Gasteiger partial charge in [0.1, 0.15) is 0 Å². The van der Waals surface area contributed by atoms with Crippen LogP contribution in [0, 0.1) is 0 Å². The van der Waals surface area contributed by atoms with E-state index in [9.17, 15) is 4.79 Å². The lowest BCUT2D eigenvalue weighted by Gasteiger charge is -2.12. The molecule has 3 rings (SSSR count). The van der Waals surface area contributed by atoms with E-state index in [0.717, 1.165) is 21.5 Å². The summed E-state index contributed by atoms with van der Waals surface area (Å²) in [6.45, 7) is 0. The molecule has 0 spiro atoms. The molecular formula is C16H14BrNOS. The minimum Gasteiger partial charge on any atom is -0.346 e. The summed E-state index contributed by atoms with van der Waals surface area (Å²) in [6, 6.07) is 12.4. The first-order valence-corrected chi connectivity index (χ1v) is 8.15. The number of nitrogens with one attached hydrogen (secondary N) is 1. The van der Waals surface area contributed by atoms with E-state index in [2.05, 4.69) is 39.4 Å². The molecule has 1 heterocycles. The van der Waals surface area contributed by atoms with Gasteiger partial charge in [-0.2, -0.15) is 0 Å². The highest BCUT2D eigenvalue weighted by Gasteiger charge is 2.22. The van der Waals surface area contributed by atoms with Crippen LogP contribution in [0.3, 0.4) is 0 Å². The molecule has 2 nitrogen and oxygen atoms in total. The lowest BCUT2D eigenvalue weighted by atomic mass is 10.1. The Morgan fingerprint density at radius 2 is 2.15 bits per heavy atom. The fourth-order valence-corrected chi connectivity index (χ4v) is 3.83. The zero-order valence-corrected chi connectivity index (χ0v) is 13.2. The number of hydrogen-bond acceptors (Lipinski definition) is 2. The number of thiophene rings is 1. The minimum atomic E-state index is -0.0313. The molecule has 1 aromatic carbocycles. The monoisotopic (exact) mass is 347 g/mol. The van der Waals surface area contributed by atoms with Crippen LogP contribution in [-0.2, 0) is 11.2 Å². The Morgan fingerprint density at radius 3 is 2.95 bits per heavy atom. The van der Waals surface area contributed by atoms with Gasteiger partial charge < -0.3 is 5.32 Å². The molecular weight excluding hydrogens is 334 g/mol.